The van der Waals surface area contributed by atoms with E-state index in [0.29, 0.717) is 12.4 Å². The molecule has 148 valence electrons. The van der Waals surface area contributed by atoms with Crippen LogP contribution in [0.5, 0.6) is 5.75 Å². The molecular formula is C23H26ClNO3. The Kier molecular flexibility index (Phi) is 5.99. The largest absolute Gasteiger partial charge is 0.476 e. The van der Waals surface area contributed by atoms with Gasteiger partial charge in [0.2, 0.25) is 0 Å². The van der Waals surface area contributed by atoms with E-state index in [1.54, 1.807) is 20.8 Å². The normalized spacial score (nSPS) is 11.6. The lowest BCUT2D eigenvalue weighted by molar-refractivity contribution is -0.158. The van der Waals surface area contributed by atoms with E-state index in [9.17, 15) is 4.79 Å². The first-order chi connectivity index (χ1) is 13.3. The SMILES string of the molecule is CCOC(=O)C(C)(C)Oc1ccc2[nH]c(C)c(CCc3ccc(Cl)cc3)c2c1. The van der Waals surface area contributed by atoms with Gasteiger partial charge in [0, 0.05) is 21.6 Å². The van der Waals surface area contributed by atoms with Gasteiger partial charge in [0.15, 0.2) is 5.60 Å². The van der Waals surface area contributed by atoms with Crippen molar-refractivity contribution in [2.75, 3.05) is 6.61 Å². The molecule has 0 saturated heterocycles. The topological polar surface area (TPSA) is 51.3 Å². The molecule has 5 heteroatoms. The number of nitrogens with one attached hydrogen (secondary N) is 1. The molecule has 3 rings (SSSR count). The highest BCUT2D eigenvalue weighted by Crippen LogP contribution is 2.29. The van der Waals surface area contributed by atoms with Crippen LogP contribution in [0.2, 0.25) is 5.02 Å². The van der Waals surface area contributed by atoms with Crippen molar-refractivity contribution in [3.05, 3.63) is 64.3 Å². The molecule has 28 heavy (non-hydrogen) atoms. The first kappa shape index (κ1) is 20.3. The Morgan fingerprint density at radius 2 is 1.82 bits per heavy atom. The lowest BCUT2D eigenvalue weighted by atomic mass is 10.0. The zero-order chi connectivity index (χ0) is 20.3. The fourth-order valence-corrected chi connectivity index (χ4v) is 3.43. The van der Waals surface area contributed by atoms with Crippen LogP contribution in [0.25, 0.3) is 10.9 Å². The van der Waals surface area contributed by atoms with E-state index in [2.05, 4.69) is 24.0 Å². The molecule has 0 radical (unpaired) electrons. The van der Waals surface area contributed by atoms with Gasteiger partial charge in [0.05, 0.1) is 6.61 Å². The quantitative estimate of drug-likeness (QED) is 0.523. The maximum absolute atomic E-state index is 12.1. The zero-order valence-electron chi connectivity index (χ0n) is 16.8. The minimum atomic E-state index is -1.04. The summed E-state index contributed by atoms with van der Waals surface area (Å²) in [7, 11) is 0. The van der Waals surface area contributed by atoms with Gasteiger partial charge in [0.1, 0.15) is 5.75 Å². The smallest absolute Gasteiger partial charge is 0.349 e. The molecule has 1 heterocycles. The zero-order valence-corrected chi connectivity index (χ0v) is 17.5. The van der Waals surface area contributed by atoms with Crippen LogP contribution in [-0.4, -0.2) is 23.2 Å². The van der Waals surface area contributed by atoms with Crippen molar-refractivity contribution < 1.29 is 14.3 Å². The number of carbonyl (C=O) groups is 1. The van der Waals surface area contributed by atoms with Crippen molar-refractivity contribution in [2.24, 2.45) is 0 Å². The number of aryl methyl sites for hydroxylation is 3. The van der Waals surface area contributed by atoms with Crippen LogP contribution in [-0.2, 0) is 22.4 Å². The minimum Gasteiger partial charge on any atom is -0.476 e. The Morgan fingerprint density at radius 3 is 2.50 bits per heavy atom. The molecule has 0 aliphatic rings. The van der Waals surface area contributed by atoms with Gasteiger partial charge in [-0.1, -0.05) is 23.7 Å². The first-order valence-electron chi connectivity index (χ1n) is 9.52. The maximum atomic E-state index is 12.1. The Labute approximate surface area is 170 Å². The van der Waals surface area contributed by atoms with Crippen LogP contribution in [0, 0.1) is 6.92 Å². The predicted molar refractivity (Wildman–Crippen MR) is 113 cm³/mol. The standard InChI is InChI=1S/C23H26ClNO3/c1-5-27-22(26)23(3,4)28-18-11-13-21-20(14-18)19(15(2)25-21)12-8-16-6-9-17(24)10-7-16/h6-7,9-11,13-14,25H,5,8,12H2,1-4H3. The van der Waals surface area contributed by atoms with E-state index in [4.69, 9.17) is 21.1 Å². The number of fused-ring (bicyclic) bond motifs is 1. The van der Waals surface area contributed by atoms with Crippen molar-refractivity contribution in [2.45, 2.75) is 46.1 Å². The second kappa shape index (κ2) is 8.27. The molecule has 3 aromatic rings. The highest BCUT2D eigenvalue weighted by molar-refractivity contribution is 6.30. The van der Waals surface area contributed by atoms with Crippen molar-refractivity contribution in [1.29, 1.82) is 0 Å². The summed E-state index contributed by atoms with van der Waals surface area (Å²) in [5.41, 5.74) is 3.66. The molecule has 0 fully saturated rings. The summed E-state index contributed by atoms with van der Waals surface area (Å²) in [5.74, 6) is 0.278. The molecular weight excluding hydrogens is 374 g/mol. The van der Waals surface area contributed by atoms with Crippen molar-refractivity contribution in [3.8, 4) is 5.75 Å². The van der Waals surface area contributed by atoms with Gasteiger partial charge < -0.3 is 14.5 Å². The summed E-state index contributed by atoms with van der Waals surface area (Å²) in [6.45, 7) is 7.64. The van der Waals surface area contributed by atoms with Gasteiger partial charge in [-0.3, -0.25) is 0 Å². The lowest BCUT2D eigenvalue weighted by Gasteiger charge is -2.24. The number of hydrogen-bond acceptors (Lipinski definition) is 3. The number of H-pyrrole nitrogens is 1. The first-order valence-corrected chi connectivity index (χ1v) is 9.90. The van der Waals surface area contributed by atoms with Crippen LogP contribution in [0.3, 0.4) is 0 Å². The van der Waals surface area contributed by atoms with E-state index in [1.807, 2.05) is 30.3 Å². The number of aromatic nitrogens is 1. The summed E-state index contributed by atoms with van der Waals surface area (Å²) in [5, 5.41) is 1.86. The number of benzene rings is 2. The molecule has 2 aromatic carbocycles. The molecule has 1 N–H and O–H groups in total. The van der Waals surface area contributed by atoms with E-state index in [0.717, 1.165) is 34.5 Å². The highest BCUT2D eigenvalue weighted by atomic mass is 35.5. The number of ether oxygens (including phenoxy) is 2. The van der Waals surface area contributed by atoms with E-state index >= 15 is 0 Å². The monoisotopic (exact) mass is 399 g/mol. The molecule has 4 nitrogen and oxygen atoms in total. The molecule has 0 aliphatic heterocycles. The summed E-state index contributed by atoms with van der Waals surface area (Å²) >= 11 is 5.98. The minimum absolute atomic E-state index is 0.330. The molecule has 0 amide bonds. The highest BCUT2D eigenvalue weighted by Gasteiger charge is 2.31. The van der Waals surface area contributed by atoms with E-state index in [-0.39, 0.29) is 5.97 Å². The Bertz CT molecular complexity index is 973. The second-order valence-corrected chi connectivity index (χ2v) is 7.83. The van der Waals surface area contributed by atoms with Gasteiger partial charge in [-0.15, -0.1) is 0 Å². The van der Waals surface area contributed by atoms with E-state index < -0.39 is 5.60 Å². The fraction of sp³-hybridized carbons (Fsp3) is 0.348. The summed E-state index contributed by atoms with van der Waals surface area (Å²) in [6.07, 6.45) is 1.82. The van der Waals surface area contributed by atoms with E-state index in [1.165, 1.54) is 11.1 Å². The Balaban J connectivity index is 1.83. The molecule has 0 atom stereocenters. The number of aromatic amines is 1. The van der Waals surface area contributed by atoms with Crippen LogP contribution in [0.15, 0.2) is 42.5 Å². The number of hydrogen-bond donors (Lipinski definition) is 1. The van der Waals surface area contributed by atoms with Crippen LogP contribution < -0.4 is 4.74 Å². The average molecular weight is 400 g/mol. The molecule has 1 aromatic heterocycles. The third-order valence-corrected chi connectivity index (χ3v) is 5.06. The number of esters is 1. The average Bonchev–Trinajstić information content (AvgIpc) is 2.96. The third-order valence-electron chi connectivity index (χ3n) is 4.81. The van der Waals surface area contributed by atoms with Crippen LogP contribution >= 0.6 is 11.6 Å². The molecule has 0 spiro atoms. The number of carbonyl (C=O) groups excluding carboxylic acids is 1. The molecule has 0 bridgehead atoms. The summed E-state index contributed by atoms with van der Waals surface area (Å²) < 4.78 is 11.1. The van der Waals surface area contributed by atoms with Crippen molar-refractivity contribution in [3.63, 3.8) is 0 Å². The summed E-state index contributed by atoms with van der Waals surface area (Å²) in [6, 6.07) is 13.8. The lowest BCUT2D eigenvalue weighted by Crippen LogP contribution is -2.39. The van der Waals surface area contributed by atoms with Crippen LogP contribution in [0.1, 0.15) is 37.6 Å². The van der Waals surface area contributed by atoms with Gasteiger partial charge in [-0.2, -0.15) is 0 Å². The Hall–Kier alpha value is -2.46. The van der Waals surface area contributed by atoms with Gasteiger partial charge in [-0.25, -0.2) is 4.79 Å². The van der Waals surface area contributed by atoms with Gasteiger partial charge in [-0.05, 0) is 82.0 Å². The van der Waals surface area contributed by atoms with Crippen molar-refractivity contribution >= 4 is 28.5 Å². The molecule has 0 saturated carbocycles. The summed E-state index contributed by atoms with van der Waals surface area (Å²) in [4.78, 5) is 15.6. The van der Waals surface area contributed by atoms with Crippen molar-refractivity contribution in [1.82, 2.24) is 4.98 Å². The molecule has 0 aliphatic carbocycles. The fourth-order valence-electron chi connectivity index (χ4n) is 3.31. The predicted octanol–water partition coefficient (Wildman–Crippen LogP) is 5.64. The third kappa shape index (κ3) is 4.50. The van der Waals surface area contributed by atoms with Crippen LogP contribution in [0.4, 0.5) is 0 Å². The second-order valence-electron chi connectivity index (χ2n) is 7.40. The molecule has 0 unspecified atom stereocenters. The number of halogens is 1. The van der Waals surface area contributed by atoms with Gasteiger partial charge >= 0.3 is 5.97 Å². The Morgan fingerprint density at radius 1 is 1.11 bits per heavy atom. The van der Waals surface area contributed by atoms with Gasteiger partial charge in [0.25, 0.3) is 0 Å². The maximum Gasteiger partial charge on any atom is 0.349 e. The number of rotatable bonds is 7.